The Morgan fingerprint density at radius 3 is 2.65 bits per heavy atom. The molecule has 1 heterocycles. The third-order valence-electron chi connectivity index (χ3n) is 3.84. The molecule has 1 aliphatic rings. The zero-order valence-corrected chi connectivity index (χ0v) is 13.3. The predicted molar refractivity (Wildman–Crippen MR) is 83.1 cm³/mol. The van der Waals surface area contributed by atoms with E-state index in [9.17, 15) is 4.39 Å². The maximum absolute atomic E-state index is 13.5. The van der Waals surface area contributed by atoms with Gasteiger partial charge in [-0.25, -0.2) is 4.39 Å². The predicted octanol–water partition coefficient (Wildman–Crippen LogP) is 4.27. The number of benzene rings is 1. The molecular weight excluding hydrogens is 298 g/mol. The molecule has 1 atom stereocenters. The van der Waals surface area contributed by atoms with Crippen molar-refractivity contribution >= 4 is 23.2 Å². The average Bonchev–Trinajstić information content (AvgIpc) is 2.44. The Balaban J connectivity index is 1.88. The van der Waals surface area contributed by atoms with E-state index < -0.39 is 5.82 Å². The summed E-state index contributed by atoms with van der Waals surface area (Å²) >= 11 is 12.1. The molecule has 0 amide bonds. The number of nitrogens with one attached hydrogen (secondary N) is 1. The molecule has 0 spiro atoms. The lowest BCUT2D eigenvalue weighted by Gasteiger charge is -2.27. The van der Waals surface area contributed by atoms with Crippen LogP contribution in [0.1, 0.15) is 37.8 Å². The van der Waals surface area contributed by atoms with Crippen molar-refractivity contribution in [1.29, 1.82) is 0 Å². The van der Waals surface area contributed by atoms with E-state index in [1.54, 1.807) is 6.07 Å². The Kier molecular flexibility index (Phi) is 6.09. The van der Waals surface area contributed by atoms with Gasteiger partial charge in [-0.05, 0) is 45.0 Å². The number of rotatable bonds is 5. The van der Waals surface area contributed by atoms with Crippen molar-refractivity contribution in [3.05, 3.63) is 33.6 Å². The fourth-order valence-corrected chi connectivity index (χ4v) is 3.36. The van der Waals surface area contributed by atoms with Crippen molar-refractivity contribution in [2.45, 2.75) is 32.2 Å². The molecule has 5 heteroatoms. The molecule has 0 bridgehead atoms. The molecule has 2 nitrogen and oxygen atoms in total. The van der Waals surface area contributed by atoms with Crippen molar-refractivity contribution in [3.8, 4) is 0 Å². The van der Waals surface area contributed by atoms with Gasteiger partial charge in [-0.1, -0.05) is 29.6 Å². The fourth-order valence-electron chi connectivity index (χ4n) is 2.66. The lowest BCUT2D eigenvalue weighted by molar-refractivity contribution is 0.227. The van der Waals surface area contributed by atoms with E-state index in [0.29, 0.717) is 10.6 Å². The normalized spacial score (nSPS) is 18.2. The number of nitrogens with zero attached hydrogens (tertiary/aromatic N) is 1. The van der Waals surface area contributed by atoms with Gasteiger partial charge in [0, 0.05) is 29.7 Å². The minimum atomic E-state index is -0.421. The fraction of sp³-hybridized carbons (Fsp3) is 0.600. The van der Waals surface area contributed by atoms with Crippen LogP contribution in [0.4, 0.5) is 4.39 Å². The number of halogens is 3. The van der Waals surface area contributed by atoms with Gasteiger partial charge in [0.05, 0.1) is 5.02 Å². The van der Waals surface area contributed by atoms with E-state index in [2.05, 4.69) is 10.2 Å². The number of likely N-dealkylation sites (tertiary alicyclic amines) is 1. The van der Waals surface area contributed by atoms with Crippen LogP contribution in [0.15, 0.2) is 12.1 Å². The first-order valence-electron chi connectivity index (χ1n) is 7.18. The first kappa shape index (κ1) is 16.0. The Morgan fingerprint density at radius 1 is 1.25 bits per heavy atom. The van der Waals surface area contributed by atoms with Crippen LogP contribution in [0, 0.1) is 5.82 Å². The van der Waals surface area contributed by atoms with Crippen LogP contribution in [0.5, 0.6) is 0 Å². The molecule has 1 saturated heterocycles. The van der Waals surface area contributed by atoms with Gasteiger partial charge in [0.2, 0.25) is 0 Å². The molecule has 0 aliphatic carbocycles. The van der Waals surface area contributed by atoms with Crippen molar-refractivity contribution < 1.29 is 4.39 Å². The molecule has 1 aliphatic heterocycles. The van der Waals surface area contributed by atoms with Crippen LogP contribution >= 0.6 is 23.2 Å². The molecule has 20 heavy (non-hydrogen) atoms. The quantitative estimate of drug-likeness (QED) is 0.816. The monoisotopic (exact) mass is 318 g/mol. The molecular formula is C15H21Cl2FN2. The maximum Gasteiger partial charge on any atom is 0.142 e. The highest BCUT2D eigenvalue weighted by Gasteiger charge is 2.17. The molecule has 1 fully saturated rings. The SMILES string of the molecule is CC(NCCN1CCCCC1)c1c(Cl)ccc(F)c1Cl. The maximum atomic E-state index is 13.5. The first-order valence-corrected chi connectivity index (χ1v) is 7.94. The van der Waals surface area contributed by atoms with Crippen LogP contribution in [0.25, 0.3) is 0 Å². The Bertz CT molecular complexity index is 448. The van der Waals surface area contributed by atoms with Gasteiger partial charge >= 0.3 is 0 Å². The number of hydrogen-bond donors (Lipinski definition) is 1. The third-order valence-corrected chi connectivity index (χ3v) is 4.55. The lowest BCUT2D eigenvalue weighted by atomic mass is 10.1. The van der Waals surface area contributed by atoms with Gasteiger partial charge in [-0.15, -0.1) is 0 Å². The molecule has 0 saturated carbocycles. The van der Waals surface area contributed by atoms with Crippen LogP contribution in [0.2, 0.25) is 10.0 Å². The van der Waals surface area contributed by atoms with Crippen molar-refractivity contribution in [2.24, 2.45) is 0 Å². The van der Waals surface area contributed by atoms with Crippen LogP contribution < -0.4 is 5.32 Å². The zero-order valence-electron chi connectivity index (χ0n) is 11.8. The van der Waals surface area contributed by atoms with Crippen molar-refractivity contribution in [2.75, 3.05) is 26.2 Å². The highest BCUT2D eigenvalue weighted by molar-refractivity contribution is 6.36. The van der Waals surface area contributed by atoms with E-state index in [0.717, 1.165) is 13.1 Å². The van der Waals surface area contributed by atoms with Crippen LogP contribution in [0.3, 0.4) is 0 Å². The van der Waals surface area contributed by atoms with Crippen molar-refractivity contribution in [1.82, 2.24) is 10.2 Å². The minimum Gasteiger partial charge on any atom is -0.309 e. The molecule has 112 valence electrons. The Hall–Kier alpha value is -0.350. The van der Waals surface area contributed by atoms with E-state index in [1.807, 2.05) is 6.92 Å². The Morgan fingerprint density at radius 2 is 1.95 bits per heavy atom. The van der Waals surface area contributed by atoms with Gasteiger partial charge in [-0.2, -0.15) is 0 Å². The summed E-state index contributed by atoms with van der Waals surface area (Å²) in [6.07, 6.45) is 3.92. The lowest BCUT2D eigenvalue weighted by Crippen LogP contribution is -2.36. The third kappa shape index (κ3) is 4.08. The summed E-state index contributed by atoms with van der Waals surface area (Å²) in [5.74, 6) is -0.421. The molecule has 1 N–H and O–H groups in total. The van der Waals surface area contributed by atoms with Crippen molar-refractivity contribution in [3.63, 3.8) is 0 Å². The first-order chi connectivity index (χ1) is 9.59. The van der Waals surface area contributed by atoms with Gasteiger partial charge in [0.15, 0.2) is 0 Å². The summed E-state index contributed by atoms with van der Waals surface area (Å²) in [7, 11) is 0. The molecule has 2 rings (SSSR count). The smallest absolute Gasteiger partial charge is 0.142 e. The topological polar surface area (TPSA) is 15.3 Å². The van der Waals surface area contributed by atoms with Crippen LogP contribution in [-0.4, -0.2) is 31.1 Å². The molecule has 1 aromatic carbocycles. The van der Waals surface area contributed by atoms with Gasteiger partial charge < -0.3 is 10.2 Å². The summed E-state index contributed by atoms with van der Waals surface area (Å²) in [5, 5.41) is 4.01. The summed E-state index contributed by atoms with van der Waals surface area (Å²) in [6, 6.07) is 2.80. The van der Waals surface area contributed by atoms with Crippen LogP contribution in [-0.2, 0) is 0 Å². The van der Waals surface area contributed by atoms with E-state index in [4.69, 9.17) is 23.2 Å². The van der Waals surface area contributed by atoms with Gasteiger partial charge in [-0.3, -0.25) is 0 Å². The summed E-state index contributed by atoms with van der Waals surface area (Å²) < 4.78 is 13.5. The second-order valence-corrected chi connectivity index (χ2v) is 6.12. The minimum absolute atomic E-state index is 0.0597. The number of piperidine rings is 1. The van der Waals surface area contributed by atoms with Gasteiger partial charge in [0.1, 0.15) is 5.82 Å². The summed E-state index contributed by atoms with van der Waals surface area (Å²) in [5.41, 5.74) is 0.645. The standard InChI is InChI=1S/C15H21Cl2FN2/c1-11(14-12(16)5-6-13(18)15(14)17)19-7-10-20-8-3-2-4-9-20/h5-6,11,19H,2-4,7-10H2,1H3. The molecule has 0 aromatic heterocycles. The van der Waals surface area contributed by atoms with E-state index >= 15 is 0 Å². The molecule has 1 unspecified atom stereocenters. The highest BCUT2D eigenvalue weighted by atomic mass is 35.5. The molecule has 0 radical (unpaired) electrons. The number of hydrogen-bond acceptors (Lipinski definition) is 2. The zero-order chi connectivity index (χ0) is 14.5. The second kappa shape index (κ2) is 7.60. The summed E-state index contributed by atoms with van der Waals surface area (Å²) in [6.45, 7) is 6.18. The summed E-state index contributed by atoms with van der Waals surface area (Å²) in [4.78, 5) is 2.46. The van der Waals surface area contributed by atoms with E-state index in [-0.39, 0.29) is 11.1 Å². The highest BCUT2D eigenvalue weighted by Crippen LogP contribution is 2.32. The second-order valence-electron chi connectivity index (χ2n) is 5.33. The molecule has 1 aromatic rings. The van der Waals surface area contributed by atoms with Gasteiger partial charge in [0.25, 0.3) is 0 Å². The largest absolute Gasteiger partial charge is 0.309 e. The average molecular weight is 319 g/mol. The van der Waals surface area contributed by atoms with E-state index in [1.165, 1.54) is 38.4 Å². The Labute approximate surface area is 130 Å².